The molecule has 2 heteroatoms. The minimum absolute atomic E-state index is 0.519. The number of benzene rings is 1. The van der Waals surface area contributed by atoms with Crippen molar-refractivity contribution in [3.63, 3.8) is 0 Å². The molecule has 1 heterocycles. The predicted octanol–water partition coefficient (Wildman–Crippen LogP) is 3.83. The molecule has 0 saturated carbocycles. The Bertz CT molecular complexity index is 464. The first-order chi connectivity index (χ1) is 8.83. The topological polar surface area (TPSA) is 22.1 Å². The summed E-state index contributed by atoms with van der Waals surface area (Å²) in [5.74, 6) is 1.43. The van der Waals surface area contributed by atoms with E-state index in [9.17, 15) is 0 Å². The van der Waals surface area contributed by atoms with Crippen LogP contribution in [0.1, 0.15) is 30.5 Å². The fourth-order valence-electron chi connectivity index (χ4n) is 2.15. The second-order valence-corrected chi connectivity index (χ2v) is 4.40. The molecular weight excluding hydrogens is 222 g/mol. The third kappa shape index (κ3) is 3.10. The van der Waals surface area contributed by atoms with E-state index in [0.717, 1.165) is 24.3 Å². The zero-order valence-electron chi connectivity index (χ0n) is 11.0. The summed E-state index contributed by atoms with van der Waals surface area (Å²) < 4.78 is 5.19. The van der Waals surface area contributed by atoms with Gasteiger partial charge in [0.15, 0.2) is 0 Å². The third-order valence-electron chi connectivity index (χ3n) is 3.26. The van der Waals surface area contributed by atoms with E-state index in [4.69, 9.17) is 4.74 Å². The molecule has 0 amide bonds. The molecule has 18 heavy (non-hydrogen) atoms. The lowest BCUT2D eigenvalue weighted by atomic mass is 9.91. The standard InChI is InChI=1S/C16H19NO/c1-3-13(12-15-6-4-5-11-17-15)14-7-9-16(18-2)10-8-14/h4-11,13H,3,12H2,1-2H3. The van der Waals surface area contributed by atoms with Crippen LogP contribution in [0.25, 0.3) is 0 Å². The van der Waals surface area contributed by atoms with Gasteiger partial charge in [-0.25, -0.2) is 0 Å². The highest BCUT2D eigenvalue weighted by Gasteiger charge is 2.10. The molecule has 2 aromatic rings. The summed E-state index contributed by atoms with van der Waals surface area (Å²) in [5, 5.41) is 0. The molecule has 1 aromatic carbocycles. The average Bonchev–Trinajstić information content (AvgIpc) is 2.46. The molecule has 0 aliphatic heterocycles. The van der Waals surface area contributed by atoms with E-state index >= 15 is 0 Å². The van der Waals surface area contributed by atoms with E-state index in [-0.39, 0.29) is 0 Å². The summed E-state index contributed by atoms with van der Waals surface area (Å²) in [6.07, 6.45) is 3.96. The summed E-state index contributed by atoms with van der Waals surface area (Å²) in [5.41, 5.74) is 2.50. The smallest absolute Gasteiger partial charge is 0.118 e. The predicted molar refractivity (Wildman–Crippen MR) is 74.0 cm³/mol. The summed E-state index contributed by atoms with van der Waals surface area (Å²) >= 11 is 0. The third-order valence-corrected chi connectivity index (χ3v) is 3.26. The number of aromatic nitrogens is 1. The normalized spacial score (nSPS) is 12.1. The molecule has 0 spiro atoms. The molecule has 2 rings (SSSR count). The number of methoxy groups -OCH3 is 1. The fourth-order valence-corrected chi connectivity index (χ4v) is 2.15. The van der Waals surface area contributed by atoms with E-state index < -0.39 is 0 Å². The number of hydrogen-bond donors (Lipinski definition) is 0. The summed E-state index contributed by atoms with van der Waals surface area (Å²) in [4.78, 5) is 4.40. The van der Waals surface area contributed by atoms with Gasteiger partial charge in [0.2, 0.25) is 0 Å². The maximum Gasteiger partial charge on any atom is 0.118 e. The molecule has 0 aliphatic rings. The molecular formula is C16H19NO. The van der Waals surface area contributed by atoms with Crippen LogP contribution in [0, 0.1) is 0 Å². The van der Waals surface area contributed by atoms with Gasteiger partial charge in [0, 0.05) is 11.9 Å². The second-order valence-electron chi connectivity index (χ2n) is 4.40. The number of pyridine rings is 1. The zero-order valence-corrected chi connectivity index (χ0v) is 11.0. The van der Waals surface area contributed by atoms with Crippen LogP contribution >= 0.6 is 0 Å². The van der Waals surface area contributed by atoms with Crippen LogP contribution in [-0.4, -0.2) is 12.1 Å². The largest absolute Gasteiger partial charge is 0.497 e. The van der Waals surface area contributed by atoms with Crippen LogP contribution in [0.5, 0.6) is 5.75 Å². The molecule has 0 saturated heterocycles. The number of nitrogens with zero attached hydrogens (tertiary/aromatic N) is 1. The SMILES string of the molecule is CCC(Cc1ccccn1)c1ccc(OC)cc1. The number of rotatable bonds is 5. The Kier molecular flexibility index (Phi) is 4.35. The van der Waals surface area contributed by atoms with Crippen molar-refractivity contribution in [3.8, 4) is 5.75 Å². The maximum absolute atomic E-state index is 5.19. The van der Waals surface area contributed by atoms with Crippen molar-refractivity contribution in [2.75, 3.05) is 7.11 Å². The van der Waals surface area contributed by atoms with Crippen LogP contribution in [0.4, 0.5) is 0 Å². The van der Waals surface area contributed by atoms with Gasteiger partial charge in [-0.3, -0.25) is 4.98 Å². The second kappa shape index (κ2) is 6.20. The Labute approximate surface area is 109 Å². The first kappa shape index (κ1) is 12.6. The van der Waals surface area contributed by atoms with Gasteiger partial charge in [0.25, 0.3) is 0 Å². The molecule has 2 nitrogen and oxygen atoms in total. The molecule has 1 unspecified atom stereocenters. The van der Waals surface area contributed by atoms with E-state index in [1.807, 2.05) is 30.5 Å². The lowest BCUT2D eigenvalue weighted by molar-refractivity contribution is 0.414. The molecule has 1 atom stereocenters. The molecule has 1 aromatic heterocycles. The van der Waals surface area contributed by atoms with Gasteiger partial charge in [-0.2, -0.15) is 0 Å². The van der Waals surface area contributed by atoms with Crippen molar-refractivity contribution < 1.29 is 4.74 Å². The monoisotopic (exact) mass is 241 g/mol. The van der Waals surface area contributed by atoms with Gasteiger partial charge in [-0.1, -0.05) is 25.1 Å². The van der Waals surface area contributed by atoms with E-state index in [0.29, 0.717) is 5.92 Å². The Morgan fingerprint density at radius 2 is 1.89 bits per heavy atom. The highest BCUT2D eigenvalue weighted by molar-refractivity contribution is 5.30. The molecule has 0 aliphatic carbocycles. The van der Waals surface area contributed by atoms with Gasteiger partial charge in [-0.05, 0) is 48.6 Å². The minimum atomic E-state index is 0.519. The van der Waals surface area contributed by atoms with Crippen molar-refractivity contribution in [3.05, 3.63) is 59.9 Å². The lowest BCUT2D eigenvalue weighted by Gasteiger charge is -2.15. The lowest BCUT2D eigenvalue weighted by Crippen LogP contribution is -2.03. The molecule has 94 valence electrons. The molecule has 0 bridgehead atoms. The minimum Gasteiger partial charge on any atom is -0.497 e. The number of ether oxygens (including phenoxy) is 1. The van der Waals surface area contributed by atoms with Gasteiger partial charge >= 0.3 is 0 Å². The maximum atomic E-state index is 5.19. The van der Waals surface area contributed by atoms with Crippen molar-refractivity contribution in [2.24, 2.45) is 0 Å². The molecule has 0 radical (unpaired) electrons. The Morgan fingerprint density at radius 3 is 2.44 bits per heavy atom. The van der Waals surface area contributed by atoms with Crippen molar-refractivity contribution in [1.82, 2.24) is 4.98 Å². The Balaban J connectivity index is 2.12. The van der Waals surface area contributed by atoms with Crippen LogP contribution < -0.4 is 4.74 Å². The van der Waals surface area contributed by atoms with Crippen LogP contribution in [0.15, 0.2) is 48.7 Å². The quantitative estimate of drug-likeness (QED) is 0.793. The summed E-state index contributed by atoms with van der Waals surface area (Å²) in [7, 11) is 1.69. The molecule has 0 N–H and O–H groups in total. The zero-order chi connectivity index (χ0) is 12.8. The van der Waals surface area contributed by atoms with Crippen molar-refractivity contribution in [1.29, 1.82) is 0 Å². The average molecular weight is 241 g/mol. The Hall–Kier alpha value is -1.83. The first-order valence-corrected chi connectivity index (χ1v) is 6.37. The van der Waals surface area contributed by atoms with Gasteiger partial charge < -0.3 is 4.74 Å². The number of hydrogen-bond acceptors (Lipinski definition) is 2. The van der Waals surface area contributed by atoms with E-state index in [1.165, 1.54) is 5.56 Å². The van der Waals surface area contributed by atoms with E-state index in [2.05, 4.69) is 30.1 Å². The van der Waals surface area contributed by atoms with Crippen LogP contribution in [-0.2, 0) is 6.42 Å². The fraction of sp³-hybridized carbons (Fsp3) is 0.312. The van der Waals surface area contributed by atoms with E-state index in [1.54, 1.807) is 7.11 Å². The first-order valence-electron chi connectivity index (χ1n) is 6.37. The highest BCUT2D eigenvalue weighted by atomic mass is 16.5. The summed E-state index contributed by atoms with van der Waals surface area (Å²) in [6, 6.07) is 14.4. The summed E-state index contributed by atoms with van der Waals surface area (Å²) in [6.45, 7) is 2.22. The van der Waals surface area contributed by atoms with Gasteiger partial charge in [0.05, 0.1) is 7.11 Å². The van der Waals surface area contributed by atoms with Crippen LogP contribution in [0.2, 0.25) is 0 Å². The van der Waals surface area contributed by atoms with Crippen molar-refractivity contribution in [2.45, 2.75) is 25.7 Å². The Morgan fingerprint density at radius 1 is 1.11 bits per heavy atom. The molecule has 0 fully saturated rings. The highest BCUT2D eigenvalue weighted by Crippen LogP contribution is 2.25. The van der Waals surface area contributed by atoms with Crippen LogP contribution in [0.3, 0.4) is 0 Å². The van der Waals surface area contributed by atoms with Crippen molar-refractivity contribution >= 4 is 0 Å². The van der Waals surface area contributed by atoms with Gasteiger partial charge in [0.1, 0.15) is 5.75 Å². The van der Waals surface area contributed by atoms with Gasteiger partial charge in [-0.15, -0.1) is 0 Å².